The third-order valence-corrected chi connectivity index (χ3v) is 12.1. The van der Waals surface area contributed by atoms with Gasteiger partial charge in [0.1, 0.15) is 60.3 Å². The number of rotatable bonds is 10. The van der Waals surface area contributed by atoms with E-state index in [1.165, 1.54) is 12.7 Å². The number of thiol groups is 2. The number of imidazole rings is 2. The van der Waals surface area contributed by atoms with Gasteiger partial charge in [-0.25, -0.2) is 29.9 Å². The summed E-state index contributed by atoms with van der Waals surface area (Å²) in [6.45, 7) is -0.897. The van der Waals surface area contributed by atoms with Crippen LogP contribution in [-0.4, -0.2) is 109 Å². The van der Waals surface area contributed by atoms with Gasteiger partial charge in [-0.3, -0.25) is 18.3 Å². The van der Waals surface area contributed by atoms with Crippen LogP contribution in [0.5, 0.6) is 0 Å². The molecule has 0 bridgehead atoms. The Bertz CT molecular complexity index is 1790. The summed E-state index contributed by atoms with van der Waals surface area (Å²) in [5.41, 5.74) is 3.87. The van der Waals surface area contributed by atoms with Crippen LogP contribution < -0.4 is 0 Å². The molecule has 0 radical (unpaired) electrons. The first-order chi connectivity index (χ1) is 25.7. The molecule has 0 aromatic carbocycles. The molecule has 7 rings (SSSR count). The normalized spacial score (nSPS) is 32.9. The van der Waals surface area contributed by atoms with Crippen molar-refractivity contribution in [2.45, 2.75) is 119 Å². The highest BCUT2D eigenvalue weighted by atomic mass is 32.7. The number of nitrogens with zero attached hydrogens (tertiary/aromatic N) is 8. The summed E-state index contributed by atoms with van der Waals surface area (Å²) in [7, 11) is -5.47. The lowest BCUT2D eigenvalue weighted by Gasteiger charge is -2.21. The van der Waals surface area contributed by atoms with Crippen LogP contribution in [0, 0.1) is 0 Å². The second kappa shape index (κ2) is 17.4. The molecule has 53 heavy (non-hydrogen) atoms. The molecule has 2 aliphatic heterocycles. The van der Waals surface area contributed by atoms with E-state index in [0.717, 1.165) is 69.2 Å². The fourth-order valence-electron chi connectivity index (χ4n) is 7.96. The van der Waals surface area contributed by atoms with Crippen molar-refractivity contribution in [2.75, 3.05) is 13.2 Å². The third kappa shape index (κ3) is 8.11. The van der Waals surface area contributed by atoms with Gasteiger partial charge >= 0.3 is 0 Å². The van der Waals surface area contributed by atoms with Crippen molar-refractivity contribution in [3.63, 3.8) is 0 Å². The molecule has 2 saturated heterocycles. The maximum Gasteiger partial charge on any atom is 0.243 e. The van der Waals surface area contributed by atoms with Crippen molar-refractivity contribution in [3.8, 4) is 0 Å². The minimum absolute atomic E-state index is 0.121. The lowest BCUT2D eigenvalue weighted by molar-refractivity contribution is -0.0481. The Morgan fingerprint density at radius 2 is 1.06 bits per heavy atom. The molecule has 6 heterocycles. The van der Waals surface area contributed by atoms with E-state index >= 15 is 0 Å². The number of hydrogen-bond acceptors (Lipinski definition) is 16. The molecule has 4 aromatic heterocycles. The van der Waals surface area contributed by atoms with Gasteiger partial charge in [-0.1, -0.05) is 56.6 Å². The minimum Gasteiger partial charge on any atom is -0.394 e. The molecular weight excluding hydrogens is 770 g/mol. The van der Waals surface area contributed by atoms with Crippen molar-refractivity contribution < 1.29 is 48.1 Å². The van der Waals surface area contributed by atoms with Crippen LogP contribution in [-0.2, 0) is 27.7 Å². The quantitative estimate of drug-likeness (QED) is 0.0995. The summed E-state index contributed by atoms with van der Waals surface area (Å²) < 4.78 is 49.8. The molecule has 4 N–H and O–H groups in total. The van der Waals surface area contributed by atoms with Gasteiger partial charge in [-0.15, -0.1) is 0 Å². The monoisotopic (exact) mass is 814 g/mol. The first-order valence-corrected chi connectivity index (χ1v) is 22.9. The molecule has 3 aliphatic rings. The zero-order chi connectivity index (χ0) is 37.2. The Kier molecular flexibility index (Phi) is 12.9. The van der Waals surface area contributed by atoms with Crippen molar-refractivity contribution in [1.29, 1.82) is 0 Å². The molecule has 6 unspecified atom stereocenters. The van der Waals surface area contributed by atoms with Crippen LogP contribution in [0.3, 0.4) is 0 Å². The first kappa shape index (κ1) is 39.2. The van der Waals surface area contributed by atoms with E-state index in [0.29, 0.717) is 22.3 Å². The number of aromatic nitrogens is 8. The fraction of sp³-hybridized carbons (Fsp3) is 0.677. The summed E-state index contributed by atoms with van der Waals surface area (Å²) in [6.07, 6.45) is 6.21. The highest BCUT2D eigenvalue weighted by Gasteiger charge is 2.48. The van der Waals surface area contributed by atoms with E-state index in [4.69, 9.17) is 28.5 Å². The van der Waals surface area contributed by atoms with Gasteiger partial charge < -0.3 is 38.9 Å². The molecular formula is C31H44N8O10P2S2. The molecule has 3 fully saturated rings. The molecule has 1 aliphatic carbocycles. The van der Waals surface area contributed by atoms with Crippen LogP contribution in [0.1, 0.15) is 93.5 Å². The van der Waals surface area contributed by atoms with E-state index in [2.05, 4.69) is 44.4 Å². The Balaban J connectivity index is 1.08. The summed E-state index contributed by atoms with van der Waals surface area (Å²) in [5.74, 6) is 0.243. The molecule has 290 valence electrons. The van der Waals surface area contributed by atoms with Gasteiger partial charge in [0, 0.05) is 11.8 Å². The summed E-state index contributed by atoms with van der Waals surface area (Å²) in [5, 5.41) is 40.9. The summed E-state index contributed by atoms with van der Waals surface area (Å²) in [4.78, 5) is 27.7. The van der Waals surface area contributed by atoms with Crippen LogP contribution in [0.15, 0.2) is 25.3 Å². The second-order valence-electron chi connectivity index (χ2n) is 13.7. The zero-order valence-electron chi connectivity index (χ0n) is 28.6. The molecule has 22 heteroatoms. The molecule has 18 nitrogen and oxygen atoms in total. The lowest BCUT2D eigenvalue weighted by Crippen LogP contribution is -2.34. The fourth-order valence-corrected chi connectivity index (χ4v) is 9.67. The van der Waals surface area contributed by atoms with E-state index in [1.807, 2.05) is 0 Å². The van der Waals surface area contributed by atoms with Gasteiger partial charge in [0.2, 0.25) is 14.5 Å². The molecule has 12 atom stereocenters. The van der Waals surface area contributed by atoms with Crippen LogP contribution in [0.25, 0.3) is 22.3 Å². The average Bonchev–Trinajstić information content (AvgIpc) is 3.91. The van der Waals surface area contributed by atoms with Gasteiger partial charge in [0.25, 0.3) is 0 Å². The van der Waals surface area contributed by atoms with Crippen LogP contribution in [0.2, 0.25) is 0 Å². The van der Waals surface area contributed by atoms with Crippen LogP contribution in [0.4, 0.5) is 0 Å². The zero-order valence-corrected chi connectivity index (χ0v) is 32.4. The average molecular weight is 815 g/mol. The topological polar surface area (TPSA) is 239 Å². The molecule has 4 aromatic rings. The number of aliphatic hydroxyl groups excluding tert-OH is 4. The Morgan fingerprint density at radius 3 is 1.43 bits per heavy atom. The largest absolute Gasteiger partial charge is 0.394 e. The Hall–Kier alpha value is -2.06. The van der Waals surface area contributed by atoms with Crippen LogP contribution >= 0.6 is 39.0 Å². The van der Waals surface area contributed by atoms with E-state index in [-0.39, 0.29) is 11.8 Å². The molecule has 1 saturated carbocycles. The lowest BCUT2D eigenvalue weighted by atomic mass is 9.90. The molecule has 0 amide bonds. The predicted octanol–water partition coefficient (Wildman–Crippen LogP) is 3.27. The van der Waals surface area contributed by atoms with Gasteiger partial charge in [0.05, 0.1) is 37.3 Å². The van der Waals surface area contributed by atoms with Crippen molar-refractivity contribution >= 4 is 61.3 Å². The maximum absolute atomic E-state index is 11.9. The van der Waals surface area contributed by atoms with Crippen molar-refractivity contribution in [1.82, 2.24) is 39.0 Å². The summed E-state index contributed by atoms with van der Waals surface area (Å²) in [6, 6.07) is 0. The second-order valence-corrected chi connectivity index (χ2v) is 17.4. The number of hydrogen-bond donors (Lipinski definition) is 6. The highest BCUT2D eigenvalue weighted by Crippen LogP contribution is 2.43. The van der Waals surface area contributed by atoms with Gasteiger partial charge in [-0.2, -0.15) is 0 Å². The predicted molar refractivity (Wildman–Crippen MR) is 197 cm³/mol. The Morgan fingerprint density at radius 1 is 0.660 bits per heavy atom. The van der Waals surface area contributed by atoms with Crippen molar-refractivity contribution in [2.24, 2.45) is 0 Å². The Labute approximate surface area is 316 Å². The summed E-state index contributed by atoms with van der Waals surface area (Å²) >= 11 is 7.79. The standard InChI is InChI=1S/C31H44N8O10P2S2/c40-10-18-24(42)26(48-50(44)52)30(46-18)38-14-36-22-20(32-12-34-28(22)38)16-6-2-1-3-7-17(9-5-4-8-16)21-23-29(35-13-33-21)39(15-37-23)31-27(49-51(45)53)25(43)19(11-41)47-31/h12-19,24-27,30-31,40-43,50-51H,1-11H2,(H,44,52)(H,45,53)/t16?,17?,18-,19?,24-,25-,26-,27-,30?,31-/m1/s1. The smallest absolute Gasteiger partial charge is 0.243 e. The number of ether oxygens (including phenoxy) is 2. The number of aliphatic hydroxyl groups is 4. The van der Waals surface area contributed by atoms with Gasteiger partial charge in [0.15, 0.2) is 23.8 Å². The van der Waals surface area contributed by atoms with E-state index in [9.17, 15) is 29.6 Å². The third-order valence-electron chi connectivity index (χ3n) is 10.5. The van der Waals surface area contributed by atoms with E-state index in [1.54, 1.807) is 21.8 Å². The SMILES string of the molecule is O=[PH](S)O[C@@H]1[C@H](O)C(CO)O[C@H]1n1cnc2c(C3CCCCCC(c4ncnc5c4ncn5C4O[C@H](CO)[C@@H](O)[C@H]4O[PH](=O)S)CCCC3)ncnc21. The number of fused-ring (bicyclic) bond motifs is 2. The maximum atomic E-state index is 11.9. The first-order valence-electron chi connectivity index (χ1n) is 17.7. The van der Waals surface area contributed by atoms with E-state index < -0.39 is 76.8 Å². The molecule has 0 spiro atoms. The minimum atomic E-state index is -2.74. The highest BCUT2D eigenvalue weighted by molar-refractivity contribution is 8.39. The van der Waals surface area contributed by atoms with Crippen molar-refractivity contribution in [3.05, 3.63) is 36.7 Å². The van der Waals surface area contributed by atoms with Gasteiger partial charge in [-0.05, 0) is 25.7 Å².